The third-order valence-corrected chi connectivity index (χ3v) is 5.76. The number of piperidine rings is 1. The summed E-state index contributed by atoms with van der Waals surface area (Å²) in [5.74, 6) is 0.0369. The molecule has 3 aromatic rings. The summed E-state index contributed by atoms with van der Waals surface area (Å²) in [6, 6.07) is 12.7. The molecule has 3 heterocycles. The average Bonchev–Trinajstić information content (AvgIpc) is 3.21. The van der Waals surface area contributed by atoms with Gasteiger partial charge in [0.05, 0.1) is 6.54 Å². The third kappa shape index (κ3) is 5.46. The topological polar surface area (TPSA) is 58.1 Å². The molecule has 0 saturated carbocycles. The molecule has 150 valence electrons. The zero-order valence-electron chi connectivity index (χ0n) is 16.1. The summed E-state index contributed by atoms with van der Waals surface area (Å²) in [6.07, 6.45) is 4.38. The van der Waals surface area contributed by atoms with Crippen LogP contribution in [0.1, 0.15) is 35.7 Å². The van der Waals surface area contributed by atoms with E-state index in [2.05, 4.69) is 21.3 Å². The lowest BCUT2D eigenvalue weighted by atomic mass is 9.94. The largest absolute Gasteiger partial charge is 0.301 e. The number of rotatable bonds is 6. The first kappa shape index (κ1) is 19.7. The fourth-order valence-electron chi connectivity index (χ4n) is 3.77. The van der Waals surface area contributed by atoms with E-state index in [9.17, 15) is 9.18 Å². The van der Waals surface area contributed by atoms with Crippen molar-refractivity contribution < 1.29 is 9.18 Å². The van der Waals surface area contributed by atoms with E-state index in [-0.39, 0.29) is 11.7 Å². The van der Waals surface area contributed by atoms with Crippen LogP contribution in [-0.4, -0.2) is 40.4 Å². The standard InChI is InChI=1S/C22H23FN4OS/c23-18-6-1-4-16(12-18)13-19-7-2-8-20(25-19)17-5-3-10-27(14-17)15-21(28)26-22-24-9-11-29-22/h1-2,4,6-9,11-12,17H,3,5,10,13-15H2,(H,24,26,28)/t17-/m1/s1. The van der Waals surface area contributed by atoms with Gasteiger partial charge in [-0.05, 0) is 49.2 Å². The molecule has 0 spiro atoms. The lowest BCUT2D eigenvalue weighted by molar-refractivity contribution is -0.117. The van der Waals surface area contributed by atoms with Gasteiger partial charge in [-0.25, -0.2) is 9.37 Å². The van der Waals surface area contributed by atoms with E-state index in [1.165, 1.54) is 17.4 Å². The van der Waals surface area contributed by atoms with Crippen molar-refractivity contribution in [3.05, 3.63) is 76.8 Å². The predicted molar refractivity (Wildman–Crippen MR) is 113 cm³/mol. The molecule has 1 saturated heterocycles. The zero-order valence-corrected chi connectivity index (χ0v) is 16.9. The van der Waals surface area contributed by atoms with Gasteiger partial charge in [0.2, 0.25) is 5.91 Å². The Morgan fingerprint density at radius 2 is 2.17 bits per heavy atom. The Morgan fingerprint density at radius 1 is 1.28 bits per heavy atom. The molecular formula is C22H23FN4OS. The van der Waals surface area contributed by atoms with Crippen molar-refractivity contribution >= 4 is 22.4 Å². The number of thiazole rings is 1. The molecule has 29 heavy (non-hydrogen) atoms. The van der Waals surface area contributed by atoms with Crippen LogP contribution >= 0.6 is 11.3 Å². The molecule has 4 rings (SSSR count). The highest BCUT2D eigenvalue weighted by atomic mass is 32.1. The van der Waals surface area contributed by atoms with Crippen LogP contribution in [0.3, 0.4) is 0 Å². The second-order valence-electron chi connectivity index (χ2n) is 7.32. The summed E-state index contributed by atoms with van der Waals surface area (Å²) in [5.41, 5.74) is 2.90. The van der Waals surface area contributed by atoms with Gasteiger partial charge in [0, 0.05) is 41.8 Å². The second-order valence-corrected chi connectivity index (χ2v) is 8.21. The van der Waals surface area contributed by atoms with E-state index >= 15 is 0 Å². The maximum Gasteiger partial charge on any atom is 0.240 e. The highest BCUT2D eigenvalue weighted by Gasteiger charge is 2.24. The first-order chi connectivity index (χ1) is 14.2. The Bertz CT molecular complexity index is 963. The Kier molecular flexibility index (Phi) is 6.27. The maximum absolute atomic E-state index is 13.4. The van der Waals surface area contributed by atoms with Crippen molar-refractivity contribution in [1.82, 2.24) is 14.9 Å². The number of amides is 1. The minimum atomic E-state index is -0.224. The van der Waals surface area contributed by atoms with E-state index in [0.717, 1.165) is 42.9 Å². The number of halogens is 1. The van der Waals surface area contributed by atoms with Crippen LogP contribution in [0.5, 0.6) is 0 Å². The summed E-state index contributed by atoms with van der Waals surface area (Å²) in [4.78, 5) is 23.4. The van der Waals surface area contributed by atoms with E-state index in [0.29, 0.717) is 24.0 Å². The molecule has 1 aromatic carbocycles. The molecule has 0 unspecified atom stereocenters. The highest BCUT2D eigenvalue weighted by Crippen LogP contribution is 2.26. The summed E-state index contributed by atoms with van der Waals surface area (Å²) in [6.45, 7) is 2.07. The number of aromatic nitrogens is 2. The molecule has 0 radical (unpaired) electrons. The van der Waals surface area contributed by atoms with Crippen LogP contribution in [-0.2, 0) is 11.2 Å². The molecular weight excluding hydrogens is 387 g/mol. The SMILES string of the molecule is O=C(CN1CCC[C@@H](c2cccc(Cc3cccc(F)c3)n2)C1)Nc1nccs1. The smallest absolute Gasteiger partial charge is 0.240 e. The Balaban J connectivity index is 1.38. The maximum atomic E-state index is 13.4. The summed E-state index contributed by atoms with van der Waals surface area (Å²) in [5, 5.41) is 5.32. The van der Waals surface area contributed by atoms with Gasteiger partial charge in [0.1, 0.15) is 5.82 Å². The molecule has 1 atom stereocenters. The van der Waals surface area contributed by atoms with Gasteiger partial charge in [0.15, 0.2) is 5.13 Å². The fraction of sp³-hybridized carbons (Fsp3) is 0.318. The molecule has 1 fully saturated rings. The van der Waals surface area contributed by atoms with Crippen LogP contribution in [0.4, 0.5) is 9.52 Å². The number of hydrogen-bond acceptors (Lipinski definition) is 5. The predicted octanol–water partition coefficient (Wildman–Crippen LogP) is 4.09. The summed E-state index contributed by atoms with van der Waals surface area (Å²) < 4.78 is 13.4. The van der Waals surface area contributed by atoms with E-state index in [1.807, 2.05) is 23.6 Å². The zero-order chi connectivity index (χ0) is 20.1. The number of carbonyl (C=O) groups is 1. The number of likely N-dealkylation sites (tertiary alicyclic amines) is 1. The molecule has 5 nitrogen and oxygen atoms in total. The molecule has 2 aromatic heterocycles. The summed E-state index contributed by atoms with van der Waals surface area (Å²) in [7, 11) is 0. The molecule has 1 aliphatic rings. The van der Waals surface area contributed by atoms with Crippen LogP contribution in [0.2, 0.25) is 0 Å². The first-order valence-corrected chi connectivity index (χ1v) is 10.7. The van der Waals surface area contributed by atoms with Crippen LogP contribution < -0.4 is 5.32 Å². The van der Waals surface area contributed by atoms with E-state index in [1.54, 1.807) is 18.3 Å². The highest BCUT2D eigenvalue weighted by molar-refractivity contribution is 7.13. The Morgan fingerprint density at radius 3 is 3.00 bits per heavy atom. The van der Waals surface area contributed by atoms with Crippen molar-refractivity contribution in [2.75, 3.05) is 25.0 Å². The monoisotopic (exact) mass is 410 g/mol. The van der Waals surface area contributed by atoms with Crippen LogP contribution in [0, 0.1) is 5.82 Å². The Hall–Kier alpha value is -2.64. The number of anilines is 1. The number of nitrogens with one attached hydrogen (secondary N) is 1. The second kappa shape index (κ2) is 9.24. The third-order valence-electron chi connectivity index (χ3n) is 5.07. The van der Waals surface area contributed by atoms with Crippen LogP contribution in [0.15, 0.2) is 54.0 Å². The van der Waals surface area contributed by atoms with Gasteiger partial charge >= 0.3 is 0 Å². The first-order valence-electron chi connectivity index (χ1n) is 9.78. The fourth-order valence-corrected chi connectivity index (χ4v) is 4.31. The van der Waals surface area contributed by atoms with Gasteiger partial charge in [-0.2, -0.15) is 0 Å². The molecule has 0 aliphatic carbocycles. The van der Waals surface area contributed by atoms with Crippen molar-refractivity contribution in [3.63, 3.8) is 0 Å². The van der Waals surface area contributed by atoms with E-state index in [4.69, 9.17) is 4.98 Å². The van der Waals surface area contributed by atoms with Gasteiger partial charge in [0.25, 0.3) is 0 Å². The van der Waals surface area contributed by atoms with Gasteiger partial charge in [-0.3, -0.25) is 14.7 Å². The van der Waals surface area contributed by atoms with Crippen molar-refractivity contribution in [1.29, 1.82) is 0 Å². The van der Waals surface area contributed by atoms with Crippen molar-refractivity contribution in [3.8, 4) is 0 Å². The lowest BCUT2D eigenvalue weighted by Crippen LogP contribution is -2.40. The minimum absolute atomic E-state index is 0.0339. The molecule has 1 N–H and O–H groups in total. The Labute approximate surface area is 173 Å². The average molecular weight is 411 g/mol. The van der Waals surface area contributed by atoms with Crippen molar-refractivity contribution in [2.45, 2.75) is 25.2 Å². The number of hydrogen-bond donors (Lipinski definition) is 1. The molecule has 0 bridgehead atoms. The summed E-state index contributed by atoms with van der Waals surface area (Å²) >= 11 is 1.42. The van der Waals surface area contributed by atoms with Crippen LogP contribution in [0.25, 0.3) is 0 Å². The number of benzene rings is 1. The number of pyridine rings is 1. The molecule has 7 heteroatoms. The van der Waals surface area contributed by atoms with Gasteiger partial charge < -0.3 is 5.32 Å². The quantitative estimate of drug-likeness (QED) is 0.665. The minimum Gasteiger partial charge on any atom is -0.301 e. The van der Waals surface area contributed by atoms with Gasteiger partial charge in [-0.15, -0.1) is 11.3 Å². The van der Waals surface area contributed by atoms with E-state index < -0.39 is 0 Å². The van der Waals surface area contributed by atoms with Gasteiger partial charge in [-0.1, -0.05) is 18.2 Å². The number of carbonyl (C=O) groups excluding carboxylic acids is 1. The molecule has 1 amide bonds. The molecule has 1 aliphatic heterocycles. The van der Waals surface area contributed by atoms with Crippen molar-refractivity contribution in [2.24, 2.45) is 0 Å². The number of nitrogens with zero attached hydrogens (tertiary/aromatic N) is 3. The normalized spacial score (nSPS) is 17.2. The lowest BCUT2D eigenvalue weighted by Gasteiger charge is -2.32.